The molecule has 0 radical (unpaired) electrons. The molecular weight excluding hydrogens is 826 g/mol. The van der Waals surface area contributed by atoms with Crippen molar-refractivity contribution in [1.29, 1.82) is 0 Å². The largest absolute Gasteiger partial charge is 0.382 e. The second kappa shape index (κ2) is 20.4. The van der Waals surface area contributed by atoms with Crippen LogP contribution in [0, 0.1) is 5.82 Å². The summed E-state index contributed by atoms with van der Waals surface area (Å²) in [6.07, 6.45) is 5.13. The lowest BCUT2D eigenvalue weighted by molar-refractivity contribution is -0.136. The lowest BCUT2D eigenvalue weighted by Gasteiger charge is -2.27. The number of fused-ring (bicyclic) bond motifs is 1. The van der Waals surface area contributed by atoms with Gasteiger partial charge in [-0.15, -0.1) is 5.10 Å². The van der Waals surface area contributed by atoms with Crippen LogP contribution in [-0.2, 0) is 56.3 Å². The molecule has 18 heteroatoms. The number of rotatable bonds is 22. The van der Waals surface area contributed by atoms with Crippen molar-refractivity contribution >= 4 is 46.1 Å². The summed E-state index contributed by atoms with van der Waals surface area (Å²) in [5, 5.41) is 20.9. The molecule has 5 amide bonds. The Labute approximate surface area is 369 Å². The third-order valence-electron chi connectivity index (χ3n) is 11.6. The average molecular weight is 878 g/mol. The standard InChI is InChI=1S/C46H52FN9O8/c1-48-27-29-8-10-30(11-9-29)42-33-14-15-50-43(58)35-25-31(47)26-38(40(33)35)55(42)17-3-2-5-32-28-54(53-52-32)18-20-63-22-24-64-23-21-62-19-16-49-36-7-4-6-34-41(36)46(61)56(45(34)60)37-12-13-39(57)51-44(37)59/h4,6-11,25-26,28,37,48-49H,2-3,5,12-24,27H2,1H3,(H,50,58)(H,51,57,59). The van der Waals surface area contributed by atoms with E-state index in [4.69, 9.17) is 14.2 Å². The molecule has 2 aromatic heterocycles. The first kappa shape index (κ1) is 44.3. The fourth-order valence-electron chi connectivity index (χ4n) is 8.65. The highest BCUT2D eigenvalue weighted by Crippen LogP contribution is 2.38. The summed E-state index contributed by atoms with van der Waals surface area (Å²) in [5.41, 5.74) is 7.18. The number of carbonyl (C=O) groups excluding carboxylic acids is 5. The Hall–Kier alpha value is -6.34. The number of carbonyl (C=O) groups is 5. The molecule has 17 nitrogen and oxygen atoms in total. The molecule has 5 aromatic rings. The van der Waals surface area contributed by atoms with Crippen molar-refractivity contribution in [1.82, 2.24) is 40.4 Å². The van der Waals surface area contributed by atoms with Crippen LogP contribution in [0.2, 0.25) is 0 Å². The Morgan fingerprint density at radius 1 is 0.859 bits per heavy atom. The van der Waals surface area contributed by atoms with E-state index in [1.807, 2.05) is 13.2 Å². The van der Waals surface area contributed by atoms with Gasteiger partial charge in [0.15, 0.2) is 0 Å². The average Bonchev–Trinajstić information content (AvgIpc) is 3.90. The quantitative estimate of drug-likeness (QED) is 0.0583. The number of benzene rings is 3. The summed E-state index contributed by atoms with van der Waals surface area (Å²) in [7, 11) is 1.92. The number of halogens is 1. The molecule has 1 unspecified atom stereocenters. The van der Waals surface area contributed by atoms with Crippen LogP contribution in [0.1, 0.15) is 73.6 Å². The molecule has 1 saturated heterocycles. The Balaban J connectivity index is 0.721. The molecule has 4 N–H and O–H groups in total. The summed E-state index contributed by atoms with van der Waals surface area (Å²) >= 11 is 0. The van der Waals surface area contributed by atoms with Crippen LogP contribution >= 0.6 is 0 Å². The number of anilines is 1. The third kappa shape index (κ3) is 9.74. The molecular formula is C46H52FN9O8. The summed E-state index contributed by atoms with van der Waals surface area (Å²) in [6, 6.07) is 15.2. The van der Waals surface area contributed by atoms with Gasteiger partial charge in [0.05, 0.1) is 79.8 Å². The lowest BCUT2D eigenvalue weighted by atomic mass is 9.99. The second-order valence-corrected chi connectivity index (χ2v) is 15.9. The molecule has 336 valence electrons. The second-order valence-electron chi connectivity index (χ2n) is 15.9. The number of aryl methyl sites for hydroxylation is 2. The van der Waals surface area contributed by atoms with Crippen LogP contribution in [0.4, 0.5) is 10.1 Å². The minimum absolute atomic E-state index is 0.0570. The normalized spacial score (nSPS) is 16.1. The van der Waals surface area contributed by atoms with E-state index >= 15 is 0 Å². The number of ether oxygens (including phenoxy) is 3. The Morgan fingerprint density at radius 3 is 2.42 bits per heavy atom. The van der Waals surface area contributed by atoms with Gasteiger partial charge >= 0.3 is 0 Å². The number of unbranched alkanes of at least 4 members (excludes halogenated alkanes) is 1. The van der Waals surface area contributed by atoms with E-state index in [0.717, 1.165) is 64.1 Å². The van der Waals surface area contributed by atoms with Gasteiger partial charge in [-0.05, 0) is 80.1 Å². The molecule has 0 aliphatic carbocycles. The molecule has 3 aliphatic rings. The van der Waals surface area contributed by atoms with E-state index in [2.05, 4.69) is 60.4 Å². The van der Waals surface area contributed by atoms with Crippen LogP contribution in [0.15, 0.2) is 60.8 Å². The van der Waals surface area contributed by atoms with Gasteiger partial charge in [-0.25, -0.2) is 9.07 Å². The smallest absolute Gasteiger partial charge is 0.264 e. The van der Waals surface area contributed by atoms with E-state index < -0.39 is 35.5 Å². The summed E-state index contributed by atoms with van der Waals surface area (Å²) in [4.78, 5) is 64.2. The zero-order valence-corrected chi connectivity index (χ0v) is 35.8. The van der Waals surface area contributed by atoms with Gasteiger partial charge in [0.1, 0.15) is 11.9 Å². The highest BCUT2D eigenvalue weighted by Gasteiger charge is 2.45. The van der Waals surface area contributed by atoms with Crippen molar-refractivity contribution in [2.24, 2.45) is 0 Å². The fraction of sp³-hybridized carbons (Fsp3) is 0.413. The zero-order chi connectivity index (χ0) is 44.6. The molecule has 3 aliphatic heterocycles. The molecule has 64 heavy (non-hydrogen) atoms. The first-order valence-electron chi connectivity index (χ1n) is 21.8. The Morgan fingerprint density at radius 2 is 1.64 bits per heavy atom. The van der Waals surface area contributed by atoms with Gasteiger partial charge in [-0.2, -0.15) is 0 Å². The van der Waals surface area contributed by atoms with Crippen LogP contribution in [0.3, 0.4) is 0 Å². The van der Waals surface area contributed by atoms with Gasteiger partial charge in [0, 0.05) is 49.9 Å². The summed E-state index contributed by atoms with van der Waals surface area (Å²) < 4.78 is 36.0. The highest BCUT2D eigenvalue weighted by atomic mass is 19.1. The zero-order valence-electron chi connectivity index (χ0n) is 35.8. The van der Waals surface area contributed by atoms with Gasteiger partial charge in [0.25, 0.3) is 17.7 Å². The minimum Gasteiger partial charge on any atom is -0.382 e. The first-order chi connectivity index (χ1) is 31.2. The van der Waals surface area contributed by atoms with Crippen molar-refractivity contribution < 1.29 is 42.6 Å². The fourth-order valence-corrected chi connectivity index (χ4v) is 8.65. The van der Waals surface area contributed by atoms with Crippen LogP contribution in [0.5, 0.6) is 0 Å². The number of hydrogen-bond acceptors (Lipinski definition) is 12. The molecule has 5 heterocycles. The SMILES string of the molecule is CNCc1ccc(-c2c3c4c(cc(F)cc4n2CCCCc2cn(CCOCCOCCOCCNc4cccc5c4C(=O)N(C4CCC(=O)NC4=O)C5=O)nn2)C(=O)NCC3)cc1. The molecule has 0 saturated carbocycles. The number of nitrogens with one attached hydrogen (secondary N) is 4. The number of hydrogen-bond donors (Lipinski definition) is 4. The molecule has 1 fully saturated rings. The van der Waals surface area contributed by atoms with E-state index in [9.17, 15) is 28.4 Å². The Kier molecular flexibility index (Phi) is 14.1. The highest BCUT2D eigenvalue weighted by molar-refractivity contribution is 6.25. The molecule has 1 atom stereocenters. The van der Waals surface area contributed by atoms with E-state index in [0.29, 0.717) is 83.5 Å². The number of amides is 5. The number of piperidine rings is 1. The molecule has 0 spiro atoms. The molecule has 0 bridgehead atoms. The van der Waals surface area contributed by atoms with E-state index in [-0.39, 0.29) is 29.9 Å². The number of nitrogens with zero attached hydrogens (tertiary/aromatic N) is 5. The van der Waals surface area contributed by atoms with Crippen molar-refractivity contribution in [2.75, 3.05) is 65.1 Å². The monoisotopic (exact) mass is 877 g/mol. The number of imide groups is 2. The maximum Gasteiger partial charge on any atom is 0.264 e. The van der Waals surface area contributed by atoms with Crippen molar-refractivity contribution in [2.45, 2.75) is 64.2 Å². The van der Waals surface area contributed by atoms with Crippen molar-refractivity contribution in [3.05, 3.63) is 100 Å². The first-order valence-corrected chi connectivity index (χ1v) is 21.8. The summed E-state index contributed by atoms with van der Waals surface area (Å²) in [6.45, 7) is 5.08. The lowest BCUT2D eigenvalue weighted by Crippen LogP contribution is -2.54. The maximum absolute atomic E-state index is 15.0. The van der Waals surface area contributed by atoms with E-state index in [1.165, 1.54) is 11.6 Å². The predicted octanol–water partition coefficient (Wildman–Crippen LogP) is 3.63. The summed E-state index contributed by atoms with van der Waals surface area (Å²) in [5.74, 6) is -2.87. The van der Waals surface area contributed by atoms with Crippen LogP contribution < -0.4 is 21.3 Å². The molecule has 3 aromatic carbocycles. The maximum atomic E-state index is 15.0. The number of aromatic nitrogens is 4. The van der Waals surface area contributed by atoms with Gasteiger partial charge < -0.3 is 34.7 Å². The van der Waals surface area contributed by atoms with Gasteiger partial charge in [-0.1, -0.05) is 35.5 Å². The van der Waals surface area contributed by atoms with E-state index in [1.54, 1.807) is 28.9 Å². The Bertz CT molecular complexity index is 2540. The van der Waals surface area contributed by atoms with Gasteiger partial charge in [-0.3, -0.25) is 34.2 Å². The van der Waals surface area contributed by atoms with Crippen LogP contribution in [-0.4, -0.2) is 120 Å². The van der Waals surface area contributed by atoms with Crippen molar-refractivity contribution in [3.63, 3.8) is 0 Å². The van der Waals surface area contributed by atoms with Gasteiger partial charge in [0.2, 0.25) is 11.8 Å². The molecule has 8 rings (SSSR count). The predicted molar refractivity (Wildman–Crippen MR) is 233 cm³/mol. The van der Waals surface area contributed by atoms with Crippen LogP contribution in [0.25, 0.3) is 22.2 Å². The third-order valence-corrected chi connectivity index (χ3v) is 11.6. The van der Waals surface area contributed by atoms with Crippen molar-refractivity contribution in [3.8, 4) is 11.3 Å². The topological polar surface area (TPSA) is 200 Å². The minimum atomic E-state index is -1.02.